The average Bonchev–Trinajstić information content (AvgIpc) is 2.85. The summed E-state index contributed by atoms with van der Waals surface area (Å²) < 4.78 is 28.6. The second-order valence-corrected chi connectivity index (χ2v) is 6.42. The predicted octanol–water partition coefficient (Wildman–Crippen LogP) is 1.83. The summed E-state index contributed by atoms with van der Waals surface area (Å²) in [4.78, 5) is 3.87. The van der Waals surface area contributed by atoms with E-state index in [4.69, 9.17) is 0 Å². The van der Waals surface area contributed by atoms with Crippen molar-refractivity contribution in [3.63, 3.8) is 0 Å². The molecule has 19 heavy (non-hydrogen) atoms. The lowest BCUT2D eigenvalue weighted by Gasteiger charge is -2.15. The maximum absolute atomic E-state index is 12.2. The van der Waals surface area contributed by atoms with Gasteiger partial charge in [0.15, 0.2) is 5.03 Å². The van der Waals surface area contributed by atoms with E-state index < -0.39 is 10.0 Å². The third kappa shape index (κ3) is 3.43. The third-order valence-electron chi connectivity index (χ3n) is 2.61. The molecule has 5 nitrogen and oxygen atoms in total. The van der Waals surface area contributed by atoms with Gasteiger partial charge in [0.2, 0.25) is 0 Å². The average molecular weight is 344 g/mol. The van der Waals surface area contributed by atoms with Gasteiger partial charge in [0.05, 0.1) is 12.4 Å². The second kappa shape index (κ2) is 5.85. The Morgan fingerprint density at radius 1 is 1.37 bits per heavy atom. The highest BCUT2D eigenvalue weighted by molar-refractivity contribution is 9.09. The zero-order chi connectivity index (χ0) is 13.9. The number of benzene rings is 1. The van der Waals surface area contributed by atoms with Gasteiger partial charge in [-0.25, -0.2) is 18.1 Å². The van der Waals surface area contributed by atoms with Crippen molar-refractivity contribution in [1.29, 1.82) is 0 Å². The molecular formula is C12H14BrN3O2S. The van der Waals surface area contributed by atoms with E-state index in [0.29, 0.717) is 5.33 Å². The van der Waals surface area contributed by atoms with Gasteiger partial charge in [-0.05, 0) is 5.56 Å². The van der Waals surface area contributed by atoms with Crippen LogP contribution in [-0.4, -0.2) is 23.3 Å². The summed E-state index contributed by atoms with van der Waals surface area (Å²) in [6.07, 6.45) is 2.93. The van der Waals surface area contributed by atoms with Gasteiger partial charge in [0, 0.05) is 18.6 Å². The topological polar surface area (TPSA) is 64.0 Å². The normalized spacial score (nSPS) is 13.4. The number of alkyl halides is 1. The molecule has 0 fully saturated rings. The Labute approximate surface area is 120 Å². The highest BCUT2D eigenvalue weighted by Crippen LogP contribution is 2.18. The molecule has 1 unspecified atom stereocenters. The Morgan fingerprint density at radius 2 is 2.05 bits per heavy atom. The molecule has 7 heteroatoms. The minimum absolute atomic E-state index is 0.0249. The maximum atomic E-state index is 12.2. The minimum atomic E-state index is -3.61. The summed E-state index contributed by atoms with van der Waals surface area (Å²) in [6, 6.07) is 9.08. The molecule has 0 radical (unpaired) electrons. The first-order chi connectivity index (χ1) is 9.03. The van der Waals surface area contributed by atoms with Crippen LogP contribution >= 0.6 is 15.9 Å². The van der Waals surface area contributed by atoms with Gasteiger partial charge in [-0.3, -0.25) is 0 Å². The summed E-state index contributed by atoms with van der Waals surface area (Å²) in [6.45, 7) is 0. The smallest absolute Gasteiger partial charge is 0.260 e. The van der Waals surface area contributed by atoms with E-state index in [0.717, 1.165) is 5.56 Å². The van der Waals surface area contributed by atoms with Crippen molar-refractivity contribution in [2.45, 2.75) is 11.1 Å². The molecule has 0 aliphatic rings. The van der Waals surface area contributed by atoms with Crippen LogP contribution in [0.3, 0.4) is 0 Å². The molecule has 2 rings (SSSR count). The van der Waals surface area contributed by atoms with Gasteiger partial charge in [0.1, 0.15) is 0 Å². The predicted molar refractivity (Wildman–Crippen MR) is 76.5 cm³/mol. The van der Waals surface area contributed by atoms with E-state index in [2.05, 4.69) is 25.6 Å². The van der Waals surface area contributed by atoms with E-state index in [9.17, 15) is 8.42 Å². The van der Waals surface area contributed by atoms with Crippen LogP contribution < -0.4 is 4.72 Å². The quantitative estimate of drug-likeness (QED) is 0.842. The molecule has 102 valence electrons. The van der Waals surface area contributed by atoms with Crippen LogP contribution in [0, 0.1) is 0 Å². The number of halogens is 1. The van der Waals surface area contributed by atoms with E-state index in [1.165, 1.54) is 12.5 Å². The number of imidazole rings is 1. The Morgan fingerprint density at radius 3 is 2.58 bits per heavy atom. The van der Waals surface area contributed by atoms with Crippen molar-refractivity contribution in [3.8, 4) is 0 Å². The van der Waals surface area contributed by atoms with E-state index in [1.807, 2.05) is 30.3 Å². The number of hydrogen-bond donors (Lipinski definition) is 1. The van der Waals surface area contributed by atoms with Crippen LogP contribution in [0.15, 0.2) is 47.9 Å². The number of rotatable bonds is 5. The lowest BCUT2D eigenvalue weighted by Crippen LogP contribution is -2.29. The first kappa shape index (κ1) is 14.2. The van der Waals surface area contributed by atoms with Gasteiger partial charge in [-0.15, -0.1) is 0 Å². The molecule has 2 aromatic rings. The van der Waals surface area contributed by atoms with Gasteiger partial charge >= 0.3 is 0 Å². The standard InChI is InChI=1S/C12H14BrN3O2S/c1-16-8-12(14-9-16)19(17,18)15-11(7-13)10-5-3-2-4-6-10/h2-6,8-9,11,15H,7H2,1H3. The molecule has 1 atom stereocenters. The molecular weight excluding hydrogens is 330 g/mol. The van der Waals surface area contributed by atoms with Crippen LogP contribution in [0.4, 0.5) is 0 Å². The lowest BCUT2D eigenvalue weighted by molar-refractivity contribution is 0.565. The molecule has 0 spiro atoms. The van der Waals surface area contributed by atoms with Crippen molar-refractivity contribution in [2.75, 3.05) is 5.33 Å². The van der Waals surface area contributed by atoms with Gasteiger partial charge < -0.3 is 4.57 Å². The molecule has 0 saturated carbocycles. The molecule has 0 bridgehead atoms. The van der Waals surface area contributed by atoms with Crippen LogP contribution in [0.5, 0.6) is 0 Å². The fraction of sp³-hybridized carbons (Fsp3) is 0.250. The van der Waals surface area contributed by atoms with E-state index in [-0.39, 0.29) is 11.1 Å². The summed E-state index contributed by atoms with van der Waals surface area (Å²) >= 11 is 3.33. The number of aromatic nitrogens is 2. The Balaban J connectivity index is 2.23. The first-order valence-electron chi connectivity index (χ1n) is 5.64. The maximum Gasteiger partial charge on any atom is 0.260 e. The van der Waals surface area contributed by atoms with Crippen molar-refractivity contribution >= 4 is 26.0 Å². The third-order valence-corrected chi connectivity index (χ3v) is 4.61. The molecule has 1 heterocycles. The van der Waals surface area contributed by atoms with Crippen LogP contribution in [0.25, 0.3) is 0 Å². The Hall–Kier alpha value is -1.18. The number of nitrogens with one attached hydrogen (secondary N) is 1. The summed E-state index contributed by atoms with van der Waals surface area (Å²) in [5.41, 5.74) is 0.902. The highest BCUT2D eigenvalue weighted by Gasteiger charge is 2.22. The highest BCUT2D eigenvalue weighted by atomic mass is 79.9. The fourth-order valence-electron chi connectivity index (χ4n) is 1.65. The zero-order valence-corrected chi connectivity index (χ0v) is 12.7. The summed E-state index contributed by atoms with van der Waals surface area (Å²) in [7, 11) is -1.88. The Kier molecular flexibility index (Phi) is 4.38. The minimum Gasteiger partial charge on any atom is -0.339 e. The van der Waals surface area contributed by atoms with Gasteiger partial charge in [-0.1, -0.05) is 46.3 Å². The molecule has 1 aromatic carbocycles. The molecule has 0 amide bonds. The zero-order valence-electron chi connectivity index (χ0n) is 10.3. The van der Waals surface area contributed by atoms with Crippen molar-refractivity contribution in [3.05, 3.63) is 48.4 Å². The second-order valence-electron chi connectivity index (χ2n) is 4.12. The Bertz CT molecular complexity index is 640. The molecule has 0 saturated heterocycles. The molecule has 1 aromatic heterocycles. The number of sulfonamides is 1. The molecule has 0 aliphatic heterocycles. The molecule has 1 N–H and O–H groups in total. The van der Waals surface area contributed by atoms with E-state index in [1.54, 1.807) is 11.6 Å². The largest absolute Gasteiger partial charge is 0.339 e. The van der Waals surface area contributed by atoms with Crippen molar-refractivity contribution in [1.82, 2.24) is 14.3 Å². The molecule has 0 aliphatic carbocycles. The fourth-order valence-corrected chi connectivity index (χ4v) is 3.60. The SMILES string of the molecule is Cn1cnc(S(=O)(=O)NC(CBr)c2ccccc2)c1. The van der Waals surface area contributed by atoms with Gasteiger partial charge in [0.25, 0.3) is 10.0 Å². The van der Waals surface area contributed by atoms with Crippen LogP contribution in [0.1, 0.15) is 11.6 Å². The summed E-state index contributed by atoms with van der Waals surface area (Å²) in [5, 5.41) is 0.514. The van der Waals surface area contributed by atoms with Gasteiger partial charge in [-0.2, -0.15) is 0 Å². The van der Waals surface area contributed by atoms with Crippen molar-refractivity contribution < 1.29 is 8.42 Å². The van der Waals surface area contributed by atoms with Crippen molar-refractivity contribution in [2.24, 2.45) is 7.05 Å². The number of aryl methyl sites for hydroxylation is 1. The number of nitrogens with zero attached hydrogens (tertiary/aromatic N) is 2. The van der Waals surface area contributed by atoms with Crippen LogP contribution in [-0.2, 0) is 17.1 Å². The lowest BCUT2D eigenvalue weighted by atomic mass is 10.1. The first-order valence-corrected chi connectivity index (χ1v) is 8.24. The monoisotopic (exact) mass is 343 g/mol. The summed E-state index contributed by atoms with van der Waals surface area (Å²) in [5.74, 6) is 0. The van der Waals surface area contributed by atoms with E-state index >= 15 is 0 Å². The number of hydrogen-bond acceptors (Lipinski definition) is 3. The van der Waals surface area contributed by atoms with Crippen LogP contribution in [0.2, 0.25) is 0 Å².